The van der Waals surface area contributed by atoms with Crippen LogP contribution in [0, 0.1) is 0 Å². The lowest BCUT2D eigenvalue weighted by molar-refractivity contribution is 0.0707. The molecule has 0 spiro atoms. The number of nitrogens with zero attached hydrogens (tertiary/aromatic N) is 7. The zero-order valence-electron chi connectivity index (χ0n) is 15.0. The van der Waals surface area contributed by atoms with Gasteiger partial charge in [0, 0.05) is 18.5 Å². The molecular weight excluding hydrogens is 350 g/mol. The molecular formula is C17H19N7O3. The minimum atomic E-state index is -0.281. The number of carbonyl (C=O) groups is 1. The summed E-state index contributed by atoms with van der Waals surface area (Å²) in [5.41, 5.74) is 0.771. The van der Waals surface area contributed by atoms with Crippen molar-refractivity contribution in [2.75, 3.05) is 6.54 Å². The number of hydrogen-bond acceptors (Lipinski definition) is 8. The number of carbonyl (C=O) groups excluding carboxylic acids is 1. The second kappa shape index (κ2) is 6.78. The van der Waals surface area contributed by atoms with Crippen molar-refractivity contribution in [3.63, 3.8) is 0 Å². The van der Waals surface area contributed by atoms with E-state index in [9.17, 15) is 9.90 Å². The number of rotatable bonds is 4. The minimum absolute atomic E-state index is 0.132. The highest BCUT2D eigenvalue weighted by Gasteiger charge is 2.35. The molecule has 1 aliphatic rings. The lowest BCUT2D eigenvalue weighted by Gasteiger charge is -2.22. The third-order valence-electron chi connectivity index (χ3n) is 4.60. The van der Waals surface area contributed by atoms with E-state index in [1.807, 2.05) is 13.8 Å². The Hall–Kier alpha value is -3.30. The number of likely N-dealkylation sites (tertiary alicyclic amines) is 1. The third-order valence-corrected chi connectivity index (χ3v) is 4.60. The van der Waals surface area contributed by atoms with Gasteiger partial charge in [-0.3, -0.25) is 4.79 Å². The molecule has 0 aliphatic carbocycles. The van der Waals surface area contributed by atoms with Crippen molar-refractivity contribution in [3.05, 3.63) is 41.8 Å². The molecule has 0 bridgehead atoms. The van der Waals surface area contributed by atoms with E-state index in [4.69, 9.17) is 4.52 Å². The average molecular weight is 369 g/mol. The molecule has 1 amide bonds. The van der Waals surface area contributed by atoms with Gasteiger partial charge in [-0.1, -0.05) is 19.0 Å². The van der Waals surface area contributed by atoms with Gasteiger partial charge in [0.1, 0.15) is 18.1 Å². The van der Waals surface area contributed by atoms with E-state index in [0.29, 0.717) is 23.9 Å². The largest absolute Gasteiger partial charge is 0.507 e. The van der Waals surface area contributed by atoms with Crippen molar-refractivity contribution in [3.8, 4) is 11.4 Å². The van der Waals surface area contributed by atoms with Crippen LogP contribution in [0.3, 0.4) is 0 Å². The summed E-state index contributed by atoms with van der Waals surface area (Å²) in [6.45, 7) is 4.53. The van der Waals surface area contributed by atoms with Crippen LogP contribution in [0.2, 0.25) is 0 Å². The summed E-state index contributed by atoms with van der Waals surface area (Å²) in [5.74, 6) is 0.804. The van der Waals surface area contributed by atoms with Gasteiger partial charge in [-0.05, 0) is 35.4 Å². The van der Waals surface area contributed by atoms with Crippen LogP contribution in [-0.2, 0) is 0 Å². The van der Waals surface area contributed by atoms with E-state index in [0.717, 1.165) is 12.8 Å². The normalized spacial score (nSPS) is 17.0. The minimum Gasteiger partial charge on any atom is -0.507 e. The second-order valence-corrected chi connectivity index (χ2v) is 6.76. The van der Waals surface area contributed by atoms with Crippen LogP contribution in [0.5, 0.6) is 5.75 Å². The molecule has 10 heteroatoms. The van der Waals surface area contributed by atoms with Crippen LogP contribution < -0.4 is 0 Å². The lowest BCUT2D eigenvalue weighted by atomic mass is 10.1. The molecule has 2 aromatic heterocycles. The van der Waals surface area contributed by atoms with E-state index in [1.165, 1.54) is 17.1 Å². The van der Waals surface area contributed by atoms with E-state index in [1.54, 1.807) is 17.0 Å². The Morgan fingerprint density at radius 1 is 1.37 bits per heavy atom. The fourth-order valence-corrected chi connectivity index (χ4v) is 3.16. The van der Waals surface area contributed by atoms with Crippen LogP contribution in [0.15, 0.2) is 29.0 Å². The highest BCUT2D eigenvalue weighted by molar-refractivity contribution is 5.97. The number of aromatic hydroxyl groups is 1. The van der Waals surface area contributed by atoms with Crippen molar-refractivity contribution in [1.29, 1.82) is 0 Å². The van der Waals surface area contributed by atoms with Crippen molar-refractivity contribution in [2.24, 2.45) is 0 Å². The van der Waals surface area contributed by atoms with Crippen LogP contribution in [0.25, 0.3) is 5.69 Å². The van der Waals surface area contributed by atoms with Crippen LogP contribution in [-0.4, -0.2) is 52.8 Å². The summed E-state index contributed by atoms with van der Waals surface area (Å²) in [6.07, 6.45) is 2.99. The van der Waals surface area contributed by atoms with Gasteiger partial charge in [0.15, 0.2) is 5.82 Å². The van der Waals surface area contributed by atoms with Gasteiger partial charge >= 0.3 is 0 Å². The van der Waals surface area contributed by atoms with Gasteiger partial charge in [-0.25, -0.2) is 4.68 Å². The molecule has 1 aliphatic heterocycles. The number of phenolic OH excluding ortho intramolecular Hbond substituents is 1. The van der Waals surface area contributed by atoms with Gasteiger partial charge in [-0.15, -0.1) is 5.10 Å². The van der Waals surface area contributed by atoms with E-state index < -0.39 is 0 Å². The monoisotopic (exact) mass is 369 g/mol. The summed E-state index contributed by atoms with van der Waals surface area (Å²) >= 11 is 0. The molecule has 0 saturated carbocycles. The Balaban J connectivity index is 1.59. The summed E-state index contributed by atoms with van der Waals surface area (Å²) in [7, 11) is 0. The van der Waals surface area contributed by atoms with Crippen LogP contribution in [0.1, 0.15) is 60.7 Å². The summed E-state index contributed by atoms with van der Waals surface area (Å²) in [6, 6.07) is 4.42. The fraction of sp³-hybridized carbons (Fsp3) is 0.412. The molecule has 0 radical (unpaired) electrons. The molecule has 3 heterocycles. The quantitative estimate of drug-likeness (QED) is 0.739. The Bertz CT molecular complexity index is 951. The number of amides is 1. The van der Waals surface area contributed by atoms with Crippen molar-refractivity contribution >= 4 is 5.91 Å². The molecule has 3 aromatic rings. The fourth-order valence-electron chi connectivity index (χ4n) is 3.16. The van der Waals surface area contributed by atoms with E-state index >= 15 is 0 Å². The predicted molar refractivity (Wildman–Crippen MR) is 92.2 cm³/mol. The smallest absolute Gasteiger partial charge is 0.258 e. The van der Waals surface area contributed by atoms with Gasteiger partial charge in [-0.2, -0.15) is 4.98 Å². The topological polar surface area (TPSA) is 123 Å². The Morgan fingerprint density at radius 3 is 2.89 bits per heavy atom. The average Bonchev–Trinajstić information content (AvgIpc) is 3.41. The van der Waals surface area contributed by atoms with Crippen molar-refractivity contribution in [1.82, 2.24) is 35.2 Å². The van der Waals surface area contributed by atoms with E-state index in [-0.39, 0.29) is 29.2 Å². The molecule has 140 valence electrons. The summed E-state index contributed by atoms with van der Waals surface area (Å²) in [5, 5.41) is 25.3. The SMILES string of the molecule is CC(C)c1noc(C2CCCN2C(=O)c2ccc(-n3cnnn3)cc2O)n1. The van der Waals surface area contributed by atoms with E-state index in [2.05, 4.69) is 25.7 Å². The van der Waals surface area contributed by atoms with Gasteiger partial charge < -0.3 is 14.5 Å². The van der Waals surface area contributed by atoms with Crippen molar-refractivity contribution in [2.45, 2.75) is 38.6 Å². The molecule has 10 nitrogen and oxygen atoms in total. The zero-order valence-corrected chi connectivity index (χ0v) is 15.0. The van der Waals surface area contributed by atoms with Gasteiger partial charge in [0.25, 0.3) is 5.91 Å². The first-order chi connectivity index (χ1) is 13.0. The molecule has 1 fully saturated rings. The number of tetrazole rings is 1. The summed E-state index contributed by atoms with van der Waals surface area (Å²) < 4.78 is 6.78. The zero-order chi connectivity index (χ0) is 19.0. The number of aromatic nitrogens is 6. The van der Waals surface area contributed by atoms with Gasteiger partial charge in [0.2, 0.25) is 5.89 Å². The predicted octanol–water partition coefficient (Wildman–Crippen LogP) is 1.85. The molecule has 4 rings (SSSR count). The first kappa shape index (κ1) is 17.1. The maximum absolute atomic E-state index is 13.0. The number of benzene rings is 1. The molecule has 1 saturated heterocycles. The third kappa shape index (κ3) is 3.14. The van der Waals surface area contributed by atoms with Crippen LogP contribution in [0.4, 0.5) is 0 Å². The summed E-state index contributed by atoms with van der Waals surface area (Å²) in [4.78, 5) is 19.1. The maximum Gasteiger partial charge on any atom is 0.258 e. The Morgan fingerprint density at radius 2 is 2.22 bits per heavy atom. The van der Waals surface area contributed by atoms with Gasteiger partial charge in [0.05, 0.1) is 11.3 Å². The molecule has 1 unspecified atom stereocenters. The first-order valence-corrected chi connectivity index (χ1v) is 8.75. The standard InChI is InChI=1S/C17H19N7O3/c1-10(2)15-19-16(27-20-15)13-4-3-7-23(13)17(26)12-6-5-11(8-14(12)25)24-9-18-21-22-24/h5-6,8-10,13,25H,3-4,7H2,1-2H3. The lowest BCUT2D eigenvalue weighted by Crippen LogP contribution is -2.30. The first-order valence-electron chi connectivity index (χ1n) is 8.75. The number of phenols is 1. The maximum atomic E-state index is 13.0. The highest BCUT2D eigenvalue weighted by Crippen LogP contribution is 2.34. The number of hydrogen-bond donors (Lipinski definition) is 1. The molecule has 1 aromatic carbocycles. The highest BCUT2D eigenvalue weighted by atomic mass is 16.5. The second-order valence-electron chi connectivity index (χ2n) is 6.76. The Labute approximate surface area is 154 Å². The molecule has 27 heavy (non-hydrogen) atoms. The molecule has 1 atom stereocenters. The van der Waals surface area contributed by atoms with Crippen molar-refractivity contribution < 1.29 is 14.4 Å². The molecule has 1 N–H and O–H groups in total. The Kier molecular flexibility index (Phi) is 4.30. The van der Waals surface area contributed by atoms with Crippen LogP contribution >= 0.6 is 0 Å².